The minimum absolute atomic E-state index is 0.0506. The number of imide groups is 1. The Morgan fingerprint density at radius 1 is 0.944 bits per heavy atom. The molecule has 3 fully saturated rings. The number of nitrogens with one attached hydrogen (secondary N) is 2. The van der Waals surface area contributed by atoms with Crippen LogP contribution >= 0.6 is 11.6 Å². The molecule has 0 saturated carbocycles. The molecule has 3 amide bonds. The third-order valence-electron chi connectivity index (χ3n) is 11.2. The summed E-state index contributed by atoms with van der Waals surface area (Å²) in [4.78, 5) is 45.9. The molecule has 1 aromatic heterocycles. The fourth-order valence-corrected chi connectivity index (χ4v) is 8.52. The number of rotatable bonds is 7. The van der Waals surface area contributed by atoms with Gasteiger partial charge >= 0.3 is 0 Å². The highest BCUT2D eigenvalue weighted by molar-refractivity contribution is 6.32. The minimum atomic E-state index is -0.616. The lowest BCUT2D eigenvalue weighted by molar-refractivity contribution is -0.136. The largest absolute Gasteiger partial charge is 0.506 e. The molecule has 0 aliphatic carbocycles. The summed E-state index contributed by atoms with van der Waals surface area (Å²) >= 11 is 6.02. The number of carbonyl (C=O) groups is 3. The number of ether oxygens (including phenoxy) is 1. The van der Waals surface area contributed by atoms with Crippen LogP contribution in [0, 0.1) is 5.82 Å². The first kappa shape index (κ1) is 34.3. The van der Waals surface area contributed by atoms with Gasteiger partial charge in [-0.3, -0.25) is 24.6 Å². The van der Waals surface area contributed by atoms with Crippen LogP contribution in [-0.2, 0) is 22.7 Å². The molecular formula is C39H38ClFN8O5. The predicted octanol–water partition coefficient (Wildman–Crippen LogP) is 4.18. The zero-order valence-corrected chi connectivity index (χ0v) is 30.1. The molecule has 0 spiro atoms. The summed E-state index contributed by atoms with van der Waals surface area (Å²) < 4.78 is 20.6. The van der Waals surface area contributed by atoms with E-state index < -0.39 is 17.8 Å². The van der Waals surface area contributed by atoms with E-state index in [-0.39, 0.29) is 46.7 Å². The first-order valence-electron chi connectivity index (χ1n) is 18.2. The number of hydrogen-bond acceptors (Lipinski definition) is 11. The van der Waals surface area contributed by atoms with Crippen molar-refractivity contribution in [2.75, 3.05) is 54.4 Å². The molecule has 15 heteroatoms. The van der Waals surface area contributed by atoms with Crippen molar-refractivity contribution in [1.29, 1.82) is 0 Å². The van der Waals surface area contributed by atoms with E-state index in [1.54, 1.807) is 11.0 Å². The number of nitrogens with zero attached hydrogens (tertiary/aromatic N) is 6. The molecule has 13 nitrogen and oxygen atoms in total. The molecule has 0 bridgehead atoms. The second-order valence-corrected chi connectivity index (χ2v) is 15.0. The van der Waals surface area contributed by atoms with Gasteiger partial charge in [0.05, 0.1) is 29.0 Å². The van der Waals surface area contributed by atoms with Crippen LogP contribution in [0.4, 0.5) is 21.6 Å². The van der Waals surface area contributed by atoms with Crippen molar-refractivity contribution in [3.05, 3.63) is 88.2 Å². The van der Waals surface area contributed by atoms with E-state index in [1.165, 1.54) is 11.6 Å². The number of piperidine rings is 1. The maximum atomic E-state index is 14.1. The number of hydrogen-bond donors (Lipinski definition) is 3. The third-order valence-corrected chi connectivity index (χ3v) is 11.4. The van der Waals surface area contributed by atoms with Crippen molar-refractivity contribution in [2.45, 2.75) is 50.5 Å². The van der Waals surface area contributed by atoms with Crippen LogP contribution in [0.15, 0.2) is 60.7 Å². The Kier molecular flexibility index (Phi) is 8.73. The maximum Gasteiger partial charge on any atom is 0.255 e. The van der Waals surface area contributed by atoms with E-state index in [0.29, 0.717) is 43.1 Å². The standard InChI is InChI=1S/C39H38ClFN8O5/c40-31-14-24(41)13-30(36(31)51)32-17-34-37(45-44-32)42-18-26-15-28(21-48(26)34)54-27-5-1-22(2-6-27)19-46-9-11-47(12-10-46)25-4-3-23-20-49(39(53)29(23)16-25)33-7-8-35(50)43-38(33)52/h1-6,13-14,16-17,26,28,33,51H,7-12,15,18-21H2,(H,42,45)(H,43,50,52)/t26-,28-,33?/m1/s1. The van der Waals surface area contributed by atoms with Crippen LogP contribution in [0.3, 0.4) is 0 Å². The molecule has 3 saturated heterocycles. The van der Waals surface area contributed by atoms with Crippen molar-refractivity contribution in [2.24, 2.45) is 0 Å². The van der Waals surface area contributed by atoms with Gasteiger partial charge in [-0.1, -0.05) is 29.8 Å². The van der Waals surface area contributed by atoms with Gasteiger partial charge in [-0.05, 0) is 60.0 Å². The summed E-state index contributed by atoms with van der Waals surface area (Å²) in [5, 5.41) is 24.6. The van der Waals surface area contributed by atoms with Gasteiger partial charge in [0.25, 0.3) is 5.91 Å². The van der Waals surface area contributed by atoms with Crippen LogP contribution in [0.5, 0.6) is 11.5 Å². The average molecular weight is 753 g/mol. The normalized spacial score (nSPS) is 22.4. The number of aromatic nitrogens is 2. The predicted molar refractivity (Wildman–Crippen MR) is 199 cm³/mol. The van der Waals surface area contributed by atoms with Crippen molar-refractivity contribution < 1.29 is 28.6 Å². The van der Waals surface area contributed by atoms with E-state index in [4.69, 9.17) is 16.3 Å². The smallest absolute Gasteiger partial charge is 0.255 e. The lowest BCUT2D eigenvalue weighted by Gasteiger charge is -2.36. The Labute approximate surface area is 315 Å². The van der Waals surface area contributed by atoms with Crippen molar-refractivity contribution in [3.63, 3.8) is 0 Å². The molecule has 6 heterocycles. The minimum Gasteiger partial charge on any atom is -0.506 e. The number of phenolic OH excluding ortho intramolecular Hbond substituents is 1. The van der Waals surface area contributed by atoms with Crippen LogP contribution in [-0.4, -0.2) is 100 Å². The molecular weight excluding hydrogens is 715 g/mol. The molecule has 1 unspecified atom stereocenters. The molecule has 4 aromatic rings. The Bertz CT molecular complexity index is 2160. The molecule has 5 aliphatic rings. The second kappa shape index (κ2) is 13.7. The Balaban J connectivity index is 0.784. The number of piperazine rings is 1. The zero-order valence-electron chi connectivity index (χ0n) is 29.3. The number of aromatic hydroxyl groups is 1. The monoisotopic (exact) mass is 752 g/mol. The number of benzene rings is 3. The number of halogens is 2. The summed E-state index contributed by atoms with van der Waals surface area (Å²) in [6, 6.07) is 17.9. The van der Waals surface area contributed by atoms with Crippen LogP contribution in [0.25, 0.3) is 11.3 Å². The first-order chi connectivity index (χ1) is 26.2. The number of carbonyl (C=O) groups excluding carboxylic acids is 3. The zero-order chi connectivity index (χ0) is 37.1. The van der Waals surface area contributed by atoms with Crippen LogP contribution in [0.2, 0.25) is 5.02 Å². The molecule has 3 N–H and O–H groups in total. The summed E-state index contributed by atoms with van der Waals surface area (Å²) in [6.45, 7) is 5.93. The molecule has 3 aromatic carbocycles. The van der Waals surface area contributed by atoms with Gasteiger partial charge in [-0.25, -0.2) is 4.39 Å². The van der Waals surface area contributed by atoms with Crippen molar-refractivity contribution >= 4 is 46.5 Å². The number of phenols is 1. The van der Waals surface area contributed by atoms with Gasteiger partial charge in [0.2, 0.25) is 11.8 Å². The highest BCUT2D eigenvalue weighted by atomic mass is 35.5. The Morgan fingerprint density at radius 3 is 2.56 bits per heavy atom. The van der Waals surface area contributed by atoms with E-state index in [0.717, 1.165) is 67.9 Å². The van der Waals surface area contributed by atoms with Gasteiger partial charge in [-0.2, -0.15) is 0 Å². The molecule has 9 rings (SSSR count). The molecule has 0 radical (unpaired) electrons. The molecule has 3 atom stereocenters. The summed E-state index contributed by atoms with van der Waals surface area (Å²) in [7, 11) is 0. The summed E-state index contributed by atoms with van der Waals surface area (Å²) in [6.07, 6.45) is 1.35. The van der Waals surface area contributed by atoms with Gasteiger partial charge < -0.3 is 29.9 Å². The van der Waals surface area contributed by atoms with Gasteiger partial charge in [0.1, 0.15) is 29.5 Å². The summed E-state index contributed by atoms with van der Waals surface area (Å²) in [5.74, 6) is -0.219. The first-order valence-corrected chi connectivity index (χ1v) is 18.6. The topological polar surface area (TPSA) is 143 Å². The van der Waals surface area contributed by atoms with E-state index in [9.17, 15) is 23.9 Å². The highest BCUT2D eigenvalue weighted by Crippen LogP contribution is 2.41. The number of amides is 3. The number of fused-ring (bicyclic) bond motifs is 4. The lowest BCUT2D eigenvalue weighted by atomic mass is 10.0. The molecule has 5 aliphatic heterocycles. The van der Waals surface area contributed by atoms with E-state index in [1.807, 2.05) is 24.3 Å². The lowest BCUT2D eigenvalue weighted by Crippen LogP contribution is -2.52. The van der Waals surface area contributed by atoms with Gasteiger partial charge in [0.15, 0.2) is 5.82 Å². The summed E-state index contributed by atoms with van der Waals surface area (Å²) in [5.41, 5.74) is 5.07. The van der Waals surface area contributed by atoms with Gasteiger partial charge in [-0.15, -0.1) is 10.2 Å². The quantitative estimate of drug-likeness (QED) is 0.234. The fraction of sp³-hybridized carbons (Fsp3) is 0.359. The van der Waals surface area contributed by atoms with Crippen molar-refractivity contribution in [3.8, 4) is 22.8 Å². The van der Waals surface area contributed by atoms with Crippen LogP contribution < -0.4 is 25.2 Å². The third kappa shape index (κ3) is 6.42. The van der Waals surface area contributed by atoms with E-state index >= 15 is 0 Å². The Morgan fingerprint density at radius 2 is 1.76 bits per heavy atom. The second-order valence-electron chi connectivity index (χ2n) is 14.6. The van der Waals surface area contributed by atoms with E-state index in [2.05, 4.69) is 53.7 Å². The average Bonchev–Trinajstić information content (AvgIpc) is 3.74. The molecule has 54 heavy (non-hydrogen) atoms. The van der Waals surface area contributed by atoms with Gasteiger partial charge in [0, 0.05) is 75.5 Å². The van der Waals surface area contributed by atoms with Crippen LogP contribution in [0.1, 0.15) is 40.7 Å². The molecule has 278 valence electrons. The maximum absolute atomic E-state index is 14.1. The van der Waals surface area contributed by atoms with Crippen molar-refractivity contribution in [1.82, 2.24) is 25.3 Å². The SMILES string of the molecule is O=C1CCC(N2Cc3ccc(N4CCN(Cc5ccc(O[C@@H]6C[C@@H]7CNc8nnc(-c9cc(F)cc(Cl)c9O)cc8N7C6)cc5)CC4)cc3C2=O)C(=O)N1. The highest BCUT2D eigenvalue weighted by Gasteiger charge is 2.40. The number of anilines is 3. The fourth-order valence-electron chi connectivity index (χ4n) is 8.31. The Hall–Kier alpha value is -5.47.